The van der Waals surface area contributed by atoms with Crippen LogP contribution in [-0.2, 0) is 6.54 Å². The maximum Gasteiger partial charge on any atom is 0.223 e. The lowest BCUT2D eigenvalue weighted by Crippen LogP contribution is -2.03. The molecule has 3 aromatic heterocycles. The zero-order valence-corrected chi connectivity index (χ0v) is 16.9. The summed E-state index contributed by atoms with van der Waals surface area (Å²) in [5.74, 6) is 0.595. The van der Waals surface area contributed by atoms with Crippen molar-refractivity contribution in [3.05, 3.63) is 66.7 Å². The molecular formula is C21H18N8S. The topological polar surface area (TPSA) is 104 Å². The van der Waals surface area contributed by atoms with Crippen molar-refractivity contribution in [2.45, 2.75) is 6.54 Å². The van der Waals surface area contributed by atoms with Gasteiger partial charge in [0.15, 0.2) is 5.65 Å². The summed E-state index contributed by atoms with van der Waals surface area (Å²) in [5, 5.41) is 12.1. The maximum absolute atomic E-state index is 4.64. The minimum absolute atomic E-state index is 0.595. The molecular weight excluding hydrogens is 396 g/mol. The third kappa shape index (κ3) is 3.62. The molecule has 3 heterocycles. The number of H-pyrrole nitrogens is 1. The van der Waals surface area contributed by atoms with E-state index in [0.29, 0.717) is 18.1 Å². The average Bonchev–Trinajstić information content (AvgIpc) is 3.27. The highest BCUT2D eigenvalue weighted by atomic mass is 32.2. The summed E-state index contributed by atoms with van der Waals surface area (Å²) in [4.78, 5) is 17.7. The Labute approximate surface area is 176 Å². The highest BCUT2D eigenvalue weighted by Crippen LogP contribution is 2.27. The van der Waals surface area contributed by atoms with Gasteiger partial charge in [-0.25, -0.2) is 19.9 Å². The van der Waals surface area contributed by atoms with Crippen molar-refractivity contribution >= 4 is 45.5 Å². The second-order valence-corrected chi connectivity index (χ2v) is 7.29. The summed E-state index contributed by atoms with van der Waals surface area (Å²) < 4.78 is 3.24. The lowest BCUT2D eigenvalue weighted by Gasteiger charge is -2.09. The summed E-state index contributed by atoms with van der Waals surface area (Å²) in [5.41, 5.74) is 5.61. The van der Waals surface area contributed by atoms with Gasteiger partial charge in [-0.2, -0.15) is 5.10 Å². The highest BCUT2D eigenvalue weighted by molar-refractivity contribution is 7.99. The molecule has 0 atom stereocenters. The fourth-order valence-corrected chi connectivity index (χ4v) is 3.67. The van der Waals surface area contributed by atoms with Gasteiger partial charge in [0.05, 0.1) is 22.8 Å². The first-order chi connectivity index (χ1) is 14.8. The van der Waals surface area contributed by atoms with Gasteiger partial charge in [0.1, 0.15) is 6.33 Å². The summed E-state index contributed by atoms with van der Waals surface area (Å²) in [6.07, 6.45) is 7.10. The molecule has 0 radical (unpaired) electrons. The molecule has 0 unspecified atom stereocenters. The van der Waals surface area contributed by atoms with E-state index in [4.69, 9.17) is 0 Å². The van der Waals surface area contributed by atoms with Crippen LogP contribution in [0.4, 0.5) is 11.6 Å². The van der Waals surface area contributed by atoms with Crippen LogP contribution >= 0.6 is 11.9 Å². The van der Waals surface area contributed by atoms with E-state index in [0.717, 1.165) is 38.8 Å². The largest absolute Gasteiger partial charge is 0.350 e. The van der Waals surface area contributed by atoms with Crippen LogP contribution < -0.4 is 10.0 Å². The molecule has 30 heavy (non-hydrogen) atoms. The number of hydrogen-bond acceptors (Lipinski definition) is 8. The summed E-state index contributed by atoms with van der Waals surface area (Å²) >= 11 is 1.57. The van der Waals surface area contributed by atoms with Crippen LogP contribution in [0.2, 0.25) is 0 Å². The number of hydrogen-bond donors (Lipinski definition) is 3. The normalized spacial score (nSPS) is 11.1. The molecule has 0 fully saturated rings. The summed E-state index contributed by atoms with van der Waals surface area (Å²) in [6, 6.07) is 14.3. The summed E-state index contributed by atoms with van der Waals surface area (Å²) in [7, 11) is 0. The van der Waals surface area contributed by atoms with Crippen LogP contribution in [0.15, 0.2) is 61.2 Å². The first-order valence-corrected chi connectivity index (χ1v) is 10.6. The van der Waals surface area contributed by atoms with Gasteiger partial charge in [0.25, 0.3) is 0 Å². The molecule has 5 aromatic rings. The van der Waals surface area contributed by atoms with Crippen molar-refractivity contribution in [1.29, 1.82) is 0 Å². The molecule has 0 spiro atoms. The van der Waals surface area contributed by atoms with E-state index in [1.165, 1.54) is 6.33 Å². The Hall–Kier alpha value is -3.72. The van der Waals surface area contributed by atoms with Crippen molar-refractivity contribution in [1.82, 2.24) is 30.1 Å². The van der Waals surface area contributed by atoms with Crippen LogP contribution in [-0.4, -0.2) is 36.4 Å². The maximum atomic E-state index is 4.64. The van der Waals surface area contributed by atoms with Gasteiger partial charge >= 0.3 is 0 Å². The Morgan fingerprint density at radius 1 is 1.03 bits per heavy atom. The van der Waals surface area contributed by atoms with E-state index < -0.39 is 0 Å². The molecule has 3 N–H and O–H groups in total. The highest BCUT2D eigenvalue weighted by Gasteiger charge is 2.09. The number of benzene rings is 2. The zero-order chi connectivity index (χ0) is 20.3. The monoisotopic (exact) mass is 414 g/mol. The number of fused-ring (bicyclic) bond motifs is 2. The Morgan fingerprint density at radius 2 is 2.00 bits per heavy atom. The Morgan fingerprint density at radius 3 is 2.93 bits per heavy atom. The van der Waals surface area contributed by atoms with Crippen molar-refractivity contribution in [2.24, 2.45) is 0 Å². The van der Waals surface area contributed by atoms with Crippen LogP contribution in [0.5, 0.6) is 0 Å². The molecule has 0 aliphatic heterocycles. The molecule has 8 nitrogen and oxygen atoms in total. The smallest absolute Gasteiger partial charge is 0.223 e. The zero-order valence-electron chi connectivity index (χ0n) is 16.1. The van der Waals surface area contributed by atoms with Crippen LogP contribution in [0.1, 0.15) is 5.56 Å². The van der Waals surface area contributed by atoms with Crippen LogP contribution in [0, 0.1) is 0 Å². The lowest BCUT2D eigenvalue weighted by molar-refractivity contribution is 1.07. The molecule has 0 saturated heterocycles. The predicted octanol–water partition coefficient (Wildman–Crippen LogP) is 4.27. The Bertz CT molecular complexity index is 1330. The van der Waals surface area contributed by atoms with Gasteiger partial charge in [0, 0.05) is 35.6 Å². The predicted molar refractivity (Wildman–Crippen MR) is 121 cm³/mol. The van der Waals surface area contributed by atoms with E-state index >= 15 is 0 Å². The molecule has 0 bridgehead atoms. The number of nitrogens with one attached hydrogen (secondary N) is 3. The molecule has 0 amide bonds. The van der Waals surface area contributed by atoms with Crippen molar-refractivity contribution in [2.75, 3.05) is 16.3 Å². The van der Waals surface area contributed by atoms with E-state index in [2.05, 4.69) is 52.3 Å². The van der Waals surface area contributed by atoms with E-state index in [1.54, 1.807) is 18.1 Å². The quantitative estimate of drug-likeness (QED) is 0.354. The van der Waals surface area contributed by atoms with Gasteiger partial charge < -0.3 is 10.0 Å². The number of anilines is 2. The Kier molecular flexibility index (Phi) is 4.86. The first kappa shape index (κ1) is 18.3. The molecule has 0 aliphatic carbocycles. The number of aromatic amines is 1. The Balaban J connectivity index is 1.38. The van der Waals surface area contributed by atoms with E-state index in [-0.39, 0.29) is 0 Å². The van der Waals surface area contributed by atoms with Crippen molar-refractivity contribution < 1.29 is 0 Å². The summed E-state index contributed by atoms with van der Waals surface area (Å²) in [6.45, 7) is 0.646. The van der Waals surface area contributed by atoms with Crippen molar-refractivity contribution in [3.63, 3.8) is 0 Å². The second-order valence-electron chi connectivity index (χ2n) is 6.68. The van der Waals surface area contributed by atoms with Gasteiger partial charge in [-0.3, -0.25) is 5.10 Å². The fourth-order valence-electron chi connectivity index (χ4n) is 3.30. The number of aromatic nitrogens is 6. The average molecular weight is 414 g/mol. The molecule has 0 saturated carbocycles. The molecule has 0 aliphatic rings. The minimum Gasteiger partial charge on any atom is -0.350 e. The van der Waals surface area contributed by atoms with Crippen molar-refractivity contribution in [3.8, 4) is 11.3 Å². The van der Waals surface area contributed by atoms with Crippen LogP contribution in [0.25, 0.3) is 33.2 Å². The van der Waals surface area contributed by atoms with Gasteiger partial charge in [-0.15, -0.1) is 0 Å². The van der Waals surface area contributed by atoms with Gasteiger partial charge in [0.2, 0.25) is 5.95 Å². The third-order valence-corrected chi connectivity index (χ3v) is 5.14. The fraction of sp³-hybridized carbons (Fsp3) is 0.0952. The van der Waals surface area contributed by atoms with E-state index in [1.807, 2.05) is 42.8 Å². The van der Waals surface area contributed by atoms with E-state index in [9.17, 15) is 0 Å². The first-order valence-electron chi connectivity index (χ1n) is 9.33. The number of nitrogens with zero attached hydrogens (tertiary/aromatic N) is 5. The molecule has 148 valence electrons. The molecule has 9 heteroatoms. The standard InChI is InChI=1S/C21H18N8S/c1-30-29-16-4-2-3-13(7-16)9-22-21-23-10-15-8-14(5-6-18(15)27-21)19-17-11-26-28-20(17)25-12-24-19/h2-8,10-12,29H,9H2,1H3,(H,22,23,27)(H,24,25,26,28). The minimum atomic E-state index is 0.595. The third-order valence-electron chi connectivity index (χ3n) is 4.70. The van der Waals surface area contributed by atoms with Gasteiger partial charge in [-0.05, 0) is 29.8 Å². The lowest BCUT2D eigenvalue weighted by atomic mass is 10.1. The number of rotatable bonds is 6. The molecule has 2 aromatic carbocycles. The van der Waals surface area contributed by atoms with Gasteiger partial charge in [-0.1, -0.05) is 30.1 Å². The molecule has 5 rings (SSSR count). The second kappa shape index (κ2) is 7.96. The van der Waals surface area contributed by atoms with Crippen LogP contribution in [0.3, 0.4) is 0 Å². The SMILES string of the molecule is CSNc1cccc(CNc2ncc3cc(-c4ncnc5[nH]ncc45)ccc3n2)c1.